The van der Waals surface area contributed by atoms with Crippen LogP contribution in [-0.2, 0) is 4.79 Å². The van der Waals surface area contributed by atoms with Gasteiger partial charge in [-0.1, -0.05) is 12.5 Å². The minimum absolute atomic E-state index is 0.211. The van der Waals surface area contributed by atoms with Crippen LogP contribution in [0.25, 0.3) is 0 Å². The van der Waals surface area contributed by atoms with Crippen molar-refractivity contribution < 1.29 is 4.79 Å². The van der Waals surface area contributed by atoms with Gasteiger partial charge in [0.1, 0.15) is 0 Å². The predicted molar refractivity (Wildman–Crippen MR) is 51.4 cm³/mol. The van der Waals surface area contributed by atoms with Crippen molar-refractivity contribution in [3.05, 3.63) is 12.7 Å². The number of hydrogen-bond donors (Lipinski definition) is 0. The van der Waals surface area contributed by atoms with Gasteiger partial charge < -0.3 is 0 Å². The summed E-state index contributed by atoms with van der Waals surface area (Å²) in [6.45, 7) is 3.75. The molecule has 0 saturated heterocycles. The predicted octanol–water partition coefficient (Wildman–Crippen LogP) is 2.93. The van der Waals surface area contributed by atoms with Gasteiger partial charge in [0.25, 0.3) is 0 Å². The molecule has 1 rings (SSSR count). The summed E-state index contributed by atoms with van der Waals surface area (Å²) in [4.78, 5) is 11.3. The molecule has 0 aromatic heterocycles. The molecule has 0 spiro atoms. The molecule has 1 aliphatic rings. The second-order valence-corrected chi connectivity index (χ2v) is 3.94. The molecule has 0 aliphatic heterocycles. The number of rotatable bonds is 1. The lowest BCUT2D eigenvalue weighted by molar-refractivity contribution is -0.119. The van der Waals surface area contributed by atoms with Crippen molar-refractivity contribution in [1.29, 1.82) is 0 Å². The third-order valence-corrected chi connectivity index (χ3v) is 2.86. The normalized spacial score (nSPS) is 32.2. The van der Waals surface area contributed by atoms with Crippen molar-refractivity contribution in [2.75, 3.05) is 0 Å². The van der Waals surface area contributed by atoms with E-state index in [0.717, 1.165) is 25.7 Å². The zero-order chi connectivity index (χ0) is 8.97. The van der Waals surface area contributed by atoms with E-state index >= 15 is 0 Å². The molecule has 2 heteroatoms. The van der Waals surface area contributed by atoms with Crippen LogP contribution in [-0.4, -0.2) is 11.2 Å². The number of carbonyl (C=O) groups excluding carboxylic acids is 1. The summed E-state index contributed by atoms with van der Waals surface area (Å²) in [5, 5.41) is -0.270. The summed E-state index contributed by atoms with van der Waals surface area (Å²) in [5.41, 5.74) is 0. The molecule has 1 nitrogen and oxygen atoms in total. The van der Waals surface area contributed by atoms with Gasteiger partial charge in [0, 0.05) is 6.42 Å². The average Bonchev–Trinajstić information content (AvgIpc) is 2.06. The Labute approximate surface area is 78.8 Å². The molecule has 0 heterocycles. The Morgan fingerprint density at radius 3 is 2.92 bits per heavy atom. The van der Waals surface area contributed by atoms with E-state index in [0.29, 0.717) is 12.3 Å². The Balaban J connectivity index is 2.51. The van der Waals surface area contributed by atoms with E-state index in [2.05, 4.69) is 6.58 Å². The zero-order valence-corrected chi connectivity index (χ0v) is 8.02. The van der Waals surface area contributed by atoms with Gasteiger partial charge >= 0.3 is 0 Å². The number of Topliss-reactive ketones (excluding diaryl/α,β-unsaturated/α-hetero) is 1. The monoisotopic (exact) mass is 186 g/mol. The fourth-order valence-electron chi connectivity index (χ4n) is 1.59. The quantitative estimate of drug-likeness (QED) is 0.455. The van der Waals surface area contributed by atoms with Gasteiger partial charge in [-0.05, 0) is 25.2 Å². The van der Waals surface area contributed by atoms with Crippen LogP contribution in [0.15, 0.2) is 12.7 Å². The second-order valence-electron chi connectivity index (χ2n) is 3.41. The Morgan fingerprint density at radius 2 is 2.25 bits per heavy atom. The molecule has 1 fully saturated rings. The molecule has 0 radical (unpaired) electrons. The van der Waals surface area contributed by atoms with Crippen LogP contribution in [0.3, 0.4) is 0 Å². The molecular weight excluding hydrogens is 172 g/mol. The maximum atomic E-state index is 11.3. The van der Waals surface area contributed by atoms with Gasteiger partial charge in [-0.2, -0.15) is 0 Å². The number of hydrogen-bond acceptors (Lipinski definition) is 1. The number of carbonyl (C=O) groups is 1. The van der Waals surface area contributed by atoms with Gasteiger partial charge in [-0.15, -0.1) is 18.2 Å². The second kappa shape index (κ2) is 4.66. The molecule has 2 unspecified atom stereocenters. The van der Waals surface area contributed by atoms with Crippen molar-refractivity contribution in [2.24, 2.45) is 5.92 Å². The zero-order valence-electron chi connectivity index (χ0n) is 7.26. The molecular formula is C10H15ClO. The maximum absolute atomic E-state index is 11.3. The molecule has 0 amide bonds. The van der Waals surface area contributed by atoms with Crippen LogP contribution in [0.5, 0.6) is 0 Å². The summed E-state index contributed by atoms with van der Waals surface area (Å²) in [5.74, 6) is 0.653. The maximum Gasteiger partial charge on any atom is 0.150 e. The third-order valence-electron chi connectivity index (χ3n) is 2.44. The summed E-state index contributed by atoms with van der Waals surface area (Å²) >= 11 is 5.92. The molecule has 68 valence electrons. The van der Waals surface area contributed by atoms with E-state index in [1.807, 2.05) is 6.08 Å². The minimum Gasteiger partial charge on any atom is -0.298 e. The summed E-state index contributed by atoms with van der Waals surface area (Å²) < 4.78 is 0. The fourth-order valence-corrected chi connectivity index (χ4v) is 1.93. The summed E-state index contributed by atoms with van der Waals surface area (Å²) in [6, 6.07) is 0. The first-order valence-corrected chi connectivity index (χ1v) is 4.97. The molecule has 1 saturated carbocycles. The standard InChI is InChI=1S/C10H15ClO/c1-2-8-5-3-4-6-10(12)9(11)7-8/h2,8-9H,1,3-7H2. The van der Waals surface area contributed by atoms with Crippen molar-refractivity contribution in [2.45, 2.75) is 37.5 Å². The van der Waals surface area contributed by atoms with Gasteiger partial charge in [0.2, 0.25) is 0 Å². The summed E-state index contributed by atoms with van der Waals surface area (Å²) in [6.07, 6.45) is 6.63. The van der Waals surface area contributed by atoms with Crippen LogP contribution in [0.4, 0.5) is 0 Å². The van der Waals surface area contributed by atoms with E-state index in [4.69, 9.17) is 11.6 Å². The lowest BCUT2D eigenvalue weighted by Gasteiger charge is -2.18. The Kier molecular flexibility index (Phi) is 3.80. The highest BCUT2D eigenvalue weighted by Crippen LogP contribution is 2.24. The van der Waals surface area contributed by atoms with Crippen molar-refractivity contribution in [3.63, 3.8) is 0 Å². The average molecular weight is 187 g/mol. The van der Waals surface area contributed by atoms with Crippen LogP contribution < -0.4 is 0 Å². The first kappa shape index (κ1) is 9.79. The first-order valence-electron chi connectivity index (χ1n) is 4.53. The topological polar surface area (TPSA) is 17.1 Å². The SMILES string of the molecule is C=CC1CCCCC(=O)C(Cl)C1. The highest BCUT2D eigenvalue weighted by molar-refractivity contribution is 6.31. The molecule has 12 heavy (non-hydrogen) atoms. The Bertz CT molecular complexity index is 177. The number of ketones is 1. The molecule has 0 aromatic carbocycles. The lowest BCUT2D eigenvalue weighted by atomic mass is 9.90. The highest BCUT2D eigenvalue weighted by Gasteiger charge is 2.21. The first-order chi connectivity index (χ1) is 5.74. The molecule has 1 aliphatic carbocycles. The van der Waals surface area contributed by atoms with E-state index in [-0.39, 0.29) is 11.2 Å². The highest BCUT2D eigenvalue weighted by atomic mass is 35.5. The van der Waals surface area contributed by atoms with Crippen LogP contribution in [0.1, 0.15) is 32.1 Å². The van der Waals surface area contributed by atoms with Crippen LogP contribution in [0, 0.1) is 5.92 Å². The number of allylic oxidation sites excluding steroid dienone is 1. The molecule has 0 bridgehead atoms. The van der Waals surface area contributed by atoms with Gasteiger partial charge in [0.05, 0.1) is 5.38 Å². The van der Waals surface area contributed by atoms with Crippen LogP contribution in [0.2, 0.25) is 0 Å². The van der Waals surface area contributed by atoms with E-state index in [9.17, 15) is 4.79 Å². The van der Waals surface area contributed by atoms with Gasteiger partial charge in [-0.3, -0.25) is 4.79 Å². The van der Waals surface area contributed by atoms with Gasteiger partial charge in [-0.25, -0.2) is 0 Å². The van der Waals surface area contributed by atoms with Crippen molar-refractivity contribution in [1.82, 2.24) is 0 Å². The lowest BCUT2D eigenvalue weighted by Crippen LogP contribution is -2.20. The van der Waals surface area contributed by atoms with E-state index in [1.54, 1.807) is 0 Å². The van der Waals surface area contributed by atoms with E-state index < -0.39 is 0 Å². The number of alkyl halides is 1. The summed E-state index contributed by atoms with van der Waals surface area (Å²) in [7, 11) is 0. The molecule has 0 aromatic rings. The largest absolute Gasteiger partial charge is 0.298 e. The van der Waals surface area contributed by atoms with E-state index in [1.165, 1.54) is 0 Å². The smallest absolute Gasteiger partial charge is 0.150 e. The number of halogens is 1. The molecule has 0 N–H and O–H groups in total. The van der Waals surface area contributed by atoms with Crippen molar-refractivity contribution in [3.8, 4) is 0 Å². The van der Waals surface area contributed by atoms with Crippen molar-refractivity contribution >= 4 is 17.4 Å². The molecule has 2 atom stereocenters. The van der Waals surface area contributed by atoms with Gasteiger partial charge in [0.15, 0.2) is 5.78 Å². The Hall–Kier alpha value is -0.300. The minimum atomic E-state index is -0.270. The van der Waals surface area contributed by atoms with Crippen LogP contribution >= 0.6 is 11.6 Å². The fraction of sp³-hybridized carbons (Fsp3) is 0.700. The Morgan fingerprint density at radius 1 is 1.50 bits per heavy atom. The third kappa shape index (κ3) is 2.63.